The van der Waals surface area contributed by atoms with Crippen LogP contribution in [0.3, 0.4) is 0 Å². The summed E-state index contributed by atoms with van der Waals surface area (Å²) in [5, 5.41) is 13.0. The van der Waals surface area contributed by atoms with Gasteiger partial charge in [0.05, 0.1) is 41.3 Å². The van der Waals surface area contributed by atoms with E-state index in [0.717, 1.165) is 29.0 Å². The maximum Gasteiger partial charge on any atom is 0.416 e. The van der Waals surface area contributed by atoms with Gasteiger partial charge in [-0.15, -0.1) is 0 Å². The molecule has 2 saturated carbocycles. The number of nitriles is 1. The van der Waals surface area contributed by atoms with E-state index in [1.165, 1.54) is 11.3 Å². The summed E-state index contributed by atoms with van der Waals surface area (Å²) in [6, 6.07) is 9.95. The van der Waals surface area contributed by atoms with Gasteiger partial charge in [0.15, 0.2) is 21.1 Å². The van der Waals surface area contributed by atoms with Crippen molar-refractivity contribution < 1.29 is 31.1 Å². The number of nitrogens with one attached hydrogen (secondary N) is 1. The summed E-state index contributed by atoms with van der Waals surface area (Å²) in [7, 11) is -3.02. The molecule has 1 N–H and O–H groups in total. The van der Waals surface area contributed by atoms with Gasteiger partial charge in [-0.2, -0.15) is 18.4 Å². The quantitative estimate of drug-likeness (QED) is 0.500. The molecule has 0 radical (unpaired) electrons. The molecule has 3 unspecified atom stereocenters. The number of thiazole rings is 1. The second kappa shape index (κ2) is 11.6. The smallest absolute Gasteiger partial charge is 0.369 e. The minimum absolute atomic E-state index is 0.0701. The van der Waals surface area contributed by atoms with Crippen molar-refractivity contribution in [3.63, 3.8) is 0 Å². The Morgan fingerprint density at radius 3 is 2.44 bits per heavy atom. The van der Waals surface area contributed by atoms with E-state index in [1.54, 1.807) is 4.90 Å². The van der Waals surface area contributed by atoms with Crippen LogP contribution < -0.4 is 15.1 Å². The Bertz CT molecular complexity index is 1490. The molecule has 1 aromatic heterocycles. The highest BCUT2D eigenvalue weighted by Crippen LogP contribution is 2.47. The number of alkyl halides is 3. The summed E-state index contributed by atoms with van der Waals surface area (Å²) in [5.41, 5.74) is 1.65. The molecule has 9 nitrogen and oxygen atoms in total. The molecular weight excluding hydrogens is 603 g/mol. The Balaban J connectivity index is 1.33. The van der Waals surface area contributed by atoms with Gasteiger partial charge in [0.25, 0.3) is 0 Å². The lowest BCUT2D eigenvalue weighted by Crippen LogP contribution is -2.49. The number of morpholine rings is 1. The first-order valence-electron chi connectivity index (χ1n) is 14.7. The molecule has 1 amide bonds. The normalized spacial score (nSPS) is 26.9. The Hall–Kier alpha value is -2.89. The number of amides is 1. The van der Waals surface area contributed by atoms with E-state index in [4.69, 9.17) is 9.72 Å². The number of nitrogens with zero attached hydrogens (tertiary/aromatic N) is 4. The summed E-state index contributed by atoms with van der Waals surface area (Å²) < 4.78 is 69.4. The first-order chi connectivity index (χ1) is 20.5. The van der Waals surface area contributed by atoms with E-state index in [0.29, 0.717) is 49.6 Å². The Labute approximate surface area is 252 Å². The molecule has 232 valence electrons. The molecule has 2 saturated heterocycles. The van der Waals surface area contributed by atoms with Crippen molar-refractivity contribution in [2.75, 3.05) is 54.1 Å². The largest absolute Gasteiger partial charge is 0.416 e. The van der Waals surface area contributed by atoms with Gasteiger partial charge < -0.3 is 19.9 Å². The highest BCUT2D eigenvalue weighted by Gasteiger charge is 2.48. The van der Waals surface area contributed by atoms with E-state index in [9.17, 15) is 31.6 Å². The van der Waals surface area contributed by atoms with Crippen LogP contribution >= 0.6 is 11.3 Å². The van der Waals surface area contributed by atoms with Gasteiger partial charge in [0.2, 0.25) is 5.91 Å². The summed E-state index contributed by atoms with van der Waals surface area (Å²) in [6.07, 6.45) is -2.00. The number of benzene rings is 1. The molecule has 4 fully saturated rings. The molecule has 2 aliphatic heterocycles. The first-order valence-corrected chi connectivity index (χ1v) is 17.3. The van der Waals surface area contributed by atoms with Crippen molar-refractivity contribution >= 4 is 37.9 Å². The fraction of sp³-hybridized carbons (Fsp3) is 0.621. The topological polar surface area (TPSA) is 116 Å². The Morgan fingerprint density at radius 1 is 1.09 bits per heavy atom. The summed E-state index contributed by atoms with van der Waals surface area (Å²) >= 11 is 1.33. The average molecular weight is 638 g/mol. The number of anilines is 2. The van der Waals surface area contributed by atoms with Crippen molar-refractivity contribution in [2.45, 2.75) is 62.3 Å². The Kier molecular flexibility index (Phi) is 8.10. The number of sulfone groups is 1. The molecule has 3 heterocycles. The SMILES string of the molecule is N#CC1(NC(=O)C2CCCCC2c2nc(N3CCOC(C(F)(F)F)C3)sc2-c2ccc(N3CCS(=O)(=O)CC3)cc2)CC1. The van der Waals surface area contributed by atoms with E-state index >= 15 is 0 Å². The van der Waals surface area contributed by atoms with Crippen LogP contribution in [0.2, 0.25) is 0 Å². The number of aromatic nitrogens is 1. The highest BCUT2D eigenvalue weighted by atomic mass is 32.2. The van der Waals surface area contributed by atoms with Crippen LogP contribution in [-0.2, 0) is 19.4 Å². The van der Waals surface area contributed by atoms with Crippen LogP contribution in [0.1, 0.15) is 50.1 Å². The third kappa shape index (κ3) is 6.49. The summed E-state index contributed by atoms with van der Waals surface area (Å²) in [6.45, 7) is 0.677. The number of carbonyl (C=O) groups is 1. The zero-order valence-electron chi connectivity index (χ0n) is 23.6. The van der Waals surface area contributed by atoms with Crippen molar-refractivity contribution in [3.8, 4) is 16.5 Å². The molecule has 4 aliphatic rings. The van der Waals surface area contributed by atoms with Gasteiger partial charge in [-0.1, -0.05) is 36.3 Å². The number of rotatable bonds is 6. The molecule has 3 atom stereocenters. The lowest BCUT2D eigenvalue weighted by molar-refractivity contribution is -0.221. The molecule has 43 heavy (non-hydrogen) atoms. The Morgan fingerprint density at radius 2 is 1.79 bits per heavy atom. The number of hydrogen-bond acceptors (Lipinski definition) is 9. The van der Waals surface area contributed by atoms with Crippen LogP contribution in [0, 0.1) is 17.2 Å². The summed E-state index contributed by atoms with van der Waals surface area (Å²) in [5.74, 6) is -0.588. The second-order valence-corrected chi connectivity index (χ2v) is 15.2. The van der Waals surface area contributed by atoms with E-state index in [1.807, 2.05) is 29.2 Å². The van der Waals surface area contributed by atoms with Crippen LogP contribution in [0.4, 0.5) is 24.0 Å². The van der Waals surface area contributed by atoms with Gasteiger partial charge in [-0.05, 0) is 43.4 Å². The predicted molar refractivity (Wildman–Crippen MR) is 157 cm³/mol. The minimum Gasteiger partial charge on any atom is -0.369 e. The fourth-order valence-corrected chi connectivity index (χ4v) is 8.60. The maximum absolute atomic E-state index is 13.5. The van der Waals surface area contributed by atoms with Crippen LogP contribution in [0.5, 0.6) is 0 Å². The monoisotopic (exact) mass is 637 g/mol. The lowest BCUT2D eigenvalue weighted by atomic mass is 9.76. The zero-order valence-corrected chi connectivity index (χ0v) is 25.2. The molecule has 6 rings (SSSR count). The van der Waals surface area contributed by atoms with Crippen molar-refractivity contribution in [2.24, 2.45) is 5.92 Å². The van der Waals surface area contributed by atoms with E-state index in [-0.39, 0.29) is 43.0 Å². The number of hydrogen-bond donors (Lipinski definition) is 1. The molecule has 1 aromatic carbocycles. The lowest BCUT2D eigenvalue weighted by Gasteiger charge is -2.33. The summed E-state index contributed by atoms with van der Waals surface area (Å²) in [4.78, 5) is 22.9. The van der Waals surface area contributed by atoms with Gasteiger partial charge in [0, 0.05) is 37.2 Å². The molecule has 0 spiro atoms. The second-order valence-electron chi connectivity index (χ2n) is 11.9. The molecule has 14 heteroatoms. The molecule has 2 aliphatic carbocycles. The third-order valence-electron chi connectivity index (χ3n) is 8.96. The maximum atomic E-state index is 13.5. The van der Waals surface area contributed by atoms with Crippen LogP contribution in [-0.4, -0.2) is 81.4 Å². The van der Waals surface area contributed by atoms with Crippen LogP contribution in [0.25, 0.3) is 10.4 Å². The fourth-order valence-electron chi connectivity index (χ4n) is 6.22. The predicted octanol–water partition coefficient (Wildman–Crippen LogP) is 4.26. The minimum atomic E-state index is -4.49. The van der Waals surface area contributed by atoms with E-state index < -0.39 is 33.6 Å². The molecule has 2 aromatic rings. The van der Waals surface area contributed by atoms with Crippen LogP contribution in [0.15, 0.2) is 24.3 Å². The standard InChI is InChI=1S/C29H34F3N5O4S2/c30-29(31,32)23-17-37(11-14-41-23)27-34-24(21-3-1-2-4-22(21)26(38)35-28(18-33)9-10-28)25(42-27)19-5-7-20(8-6-19)36-12-15-43(39,40)16-13-36/h5-8,21-23H,1-4,9-17H2,(H,35,38). The first kappa shape index (κ1) is 30.1. The number of halogens is 3. The van der Waals surface area contributed by atoms with Gasteiger partial charge in [0.1, 0.15) is 5.54 Å². The zero-order chi connectivity index (χ0) is 30.4. The molecule has 0 bridgehead atoms. The van der Waals surface area contributed by atoms with Gasteiger partial charge >= 0.3 is 6.18 Å². The van der Waals surface area contributed by atoms with Crippen molar-refractivity contribution in [3.05, 3.63) is 30.0 Å². The van der Waals surface area contributed by atoms with Gasteiger partial charge in [-0.25, -0.2) is 13.4 Å². The van der Waals surface area contributed by atoms with Crippen molar-refractivity contribution in [1.82, 2.24) is 10.3 Å². The third-order valence-corrected chi connectivity index (χ3v) is 11.8. The number of ether oxygens (including phenoxy) is 1. The van der Waals surface area contributed by atoms with E-state index in [2.05, 4.69) is 11.4 Å². The number of carbonyl (C=O) groups excluding carboxylic acids is 1. The van der Waals surface area contributed by atoms with Gasteiger partial charge in [-0.3, -0.25) is 4.79 Å². The van der Waals surface area contributed by atoms with Crippen molar-refractivity contribution in [1.29, 1.82) is 5.26 Å². The molecular formula is C29H34F3N5O4S2. The highest BCUT2D eigenvalue weighted by molar-refractivity contribution is 7.91. The average Bonchev–Trinajstić information content (AvgIpc) is 3.63.